The smallest absolute Gasteiger partial charge is 0.191 e. The SMILES string of the molecule is CCc1cnc(CNC(=NC)NCc2ccc(OC)cc2OC)s1.I. The zero-order valence-electron chi connectivity index (χ0n) is 15.0. The summed E-state index contributed by atoms with van der Waals surface area (Å²) in [7, 11) is 5.04. The quantitative estimate of drug-likeness (QED) is 0.365. The molecule has 2 N–H and O–H groups in total. The third-order valence-corrected chi connectivity index (χ3v) is 4.66. The van der Waals surface area contributed by atoms with E-state index in [-0.39, 0.29) is 24.0 Å². The Bertz CT molecular complexity index is 691. The fourth-order valence-corrected chi connectivity index (χ4v) is 2.95. The highest BCUT2D eigenvalue weighted by Crippen LogP contribution is 2.24. The van der Waals surface area contributed by atoms with Gasteiger partial charge < -0.3 is 20.1 Å². The Hall–Kier alpha value is -1.55. The molecule has 2 rings (SSSR count). The van der Waals surface area contributed by atoms with E-state index in [0.29, 0.717) is 13.1 Å². The Morgan fingerprint density at radius 3 is 2.56 bits per heavy atom. The highest BCUT2D eigenvalue weighted by Gasteiger charge is 2.07. The van der Waals surface area contributed by atoms with Crippen molar-refractivity contribution in [2.45, 2.75) is 26.4 Å². The fourth-order valence-electron chi connectivity index (χ4n) is 2.15. The maximum atomic E-state index is 5.41. The number of nitrogens with one attached hydrogen (secondary N) is 2. The van der Waals surface area contributed by atoms with Gasteiger partial charge in [-0.1, -0.05) is 6.92 Å². The summed E-state index contributed by atoms with van der Waals surface area (Å²) in [6, 6.07) is 5.76. The van der Waals surface area contributed by atoms with Crippen molar-refractivity contribution in [3.63, 3.8) is 0 Å². The number of nitrogens with zero attached hydrogens (tertiary/aromatic N) is 2. The third-order valence-electron chi connectivity index (χ3n) is 3.52. The van der Waals surface area contributed by atoms with Crippen LogP contribution in [0.1, 0.15) is 22.4 Å². The zero-order valence-corrected chi connectivity index (χ0v) is 18.1. The highest BCUT2D eigenvalue weighted by atomic mass is 127. The molecule has 0 radical (unpaired) electrons. The second-order valence-corrected chi connectivity index (χ2v) is 6.23. The highest BCUT2D eigenvalue weighted by molar-refractivity contribution is 14.0. The standard InChI is InChI=1S/C17H24N4O2S.HI/c1-5-14-10-19-16(24-14)11-21-17(18-2)20-9-12-6-7-13(22-3)8-15(12)23-4;/h6-8,10H,5,9,11H2,1-4H3,(H2,18,20,21);1H. The Balaban J connectivity index is 0.00000312. The molecule has 1 aromatic carbocycles. The predicted octanol–water partition coefficient (Wildman–Crippen LogP) is 3.21. The van der Waals surface area contributed by atoms with Gasteiger partial charge in [-0.15, -0.1) is 35.3 Å². The van der Waals surface area contributed by atoms with E-state index < -0.39 is 0 Å². The van der Waals surface area contributed by atoms with Gasteiger partial charge in [-0.25, -0.2) is 4.98 Å². The number of thiazole rings is 1. The number of aliphatic imine (C=N–C) groups is 1. The van der Waals surface area contributed by atoms with E-state index in [1.54, 1.807) is 32.6 Å². The Kier molecular flexibility index (Phi) is 9.58. The summed E-state index contributed by atoms with van der Waals surface area (Å²) in [5, 5.41) is 7.61. The van der Waals surface area contributed by atoms with Crippen LogP contribution >= 0.6 is 35.3 Å². The molecule has 0 amide bonds. The first kappa shape index (κ1) is 21.5. The van der Waals surface area contributed by atoms with Crippen molar-refractivity contribution in [1.82, 2.24) is 15.6 Å². The second-order valence-electron chi connectivity index (χ2n) is 5.03. The number of methoxy groups -OCH3 is 2. The molecule has 0 aliphatic carbocycles. The first-order chi connectivity index (χ1) is 11.7. The van der Waals surface area contributed by atoms with E-state index in [2.05, 4.69) is 27.5 Å². The molecule has 1 heterocycles. The molecule has 0 saturated heterocycles. The van der Waals surface area contributed by atoms with Gasteiger partial charge in [0.2, 0.25) is 0 Å². The number of halogens is 1. The number of guanidine groups is 1. The van der Waals surface area contributed by atoms with Crippen LogP contribution in [0.4, 0.5) is 0 Å². The maximum Gasteiger partial charge on any atom is 0.191 e. The van der Waals surface area contributed by atoms with Crippen molar-refractivity contribution in [3.05, 3.63) is 39.8 Å². The lowest BCUT2D eigenvalue weighted by atomic mass is 10.2. The number of ether oxygens (including phenoxy) is 2. The number of benzene rings is 1. The molecule has 2 aromatic rings. The van der Waals surface area contributed by atoms with Crippen molar-refractivity contribution < 1.29 is 9.47 Å². The molecule has 8 heteroatoms. The van der Waals surface area contributed by atoms with Crippen LogP contribution in [0.3, 0.4) is 0 Å². The van der Waals surface area contributed by atoms with Gasteiger partial charge in [-0.05, 0) is 18.6 Å². The topological polar surface area (TPSA) is 67.8 Å². The van der Waals surface area contributed by atoms with E-state index >= 15 is 0 Å². The third kappa shape index (κ3) is 6.35. The molecular weight excluding hydrogens is 451 g/mol. The summed E-state index contributed by atoms with van der Waals surface area (Å²) in [5.74, 6) is 2.28. The first-order valence-electron chi connectivity index (χ1n) is 7.79. The molecule has 25 heavy (non-hydrogen) atoms. The molecule has 1 aromatic heterocycles. The number of aromatic nitrogens is 1. The van der Waals surface area contributed by atoms with Crippen LogP contribution in [0.2, 0.25) is 0 Å². The average molecular weight is 476 g/mol. The van der Waals surface area contributed by atoms with Gasteiger partial charge in [0.1, 0.15) is 16.5 Å². The zero-order chi connectivity index (χ0) is 17.4. The summed E-state index contributed by atoms with van der Waals surface area (Å²) in [6.45, 7) is 3.39. The lowest BCUT2D eigenvalue weighted by Gasteiger charge is -2.14. The summed E-state index contributed by atoms with van der Waals surface area (Å²) in [4.78, 5) is 9.93. The number of hydrogen-bond acceptors (Lipinski definition) is 5. The van der Waals surface area contributed by atoms with Gasteiger partial charge in [0.15, 0.2) is 5.96 Å². The van der Waals surface area contributed by atoms with Gasteiger partial charge in [0.05, 0.1) is 20.8 Å². The minimum Gasteiger partial charge on any atom is -0.497 e. The summed E-state index contributed by atoms with van der Waals surface area (Å²) < 4.78 is 10.6. The largest absolute Gasteiger partial charge is 0.497 e. The Morgan fingerprint density at radius 2 is 1.96 bits per heavy atom. The predicted molar refractivity (Wildman–Crippen MR) is 113 cm³/mol. The van der Waals surface area contributed by atoms with Gasteiger partial charge >= 0.3 is 0 Å². The van der Waals surface area contributed by atoms with Gasteiger partial charge in [0.25, 0.3) is 0 Å². The van der Waals surface area contributed by atoms with Crippen LogP contribution in [0.25, 0.3) is 0 Å². The van der Waals surface area contributed by atoms with Crippen LogP contribution < -0.4 is 20.1 Å². The molecule has 0 aliphatic heterocycles. The number of hydrogen-bond donors (Lipinski definition) is 2. The Labute approximate surface area is 170 Å². The normalized spacial score (nSPS) is 10.8. The number of rotatable bonds is 7. The maximum absolute atomic E-state index is 5.41. The van der Waals surface area contributed by atoms with Crippen molar-refractivity contribution in [1.29, 1.82) is 0 Å². The monoisotopic (exact) mass is 476 g/mol. The fraction of sp³-hybridized carbons (Fsp3) is 0.412. The lowest BCUT2D eigenvalue weighted by Crippen LogP contribution is -2.36. The van der Waals surface area contributed by atoms with Crippen molar-refractivity contribution >= 4 is 41.3 Å². The van der Waals surface area contributed by atoms with E-state index in [0.717, 1.165) is 34.5 Å². The van der Waals surface area contributed by atoms with Gasteiger partial charge in [-0.2, -0.15) is 0 Å². The molecule has 0 spiro atoms. The van der Waals surface area contributed by atoms with Gasteiger partial charge in [-0.3, -0.25) is 4.99 Å². The minimum atomic E-state index is 0. The average Bonchev–Trinajstić information content (AvgIpc) is 3.09. The van der Waals surface area contributed by atoms with E-state index in [1.807, 2.05) is 24.4 Å². The minimum absolute atomic E-state index is 0. The molecular formula is C17H25IN4O2S. The first-order valence-corrected chi connectivity index (χ1v) is 8.60. The molecule has 0 saturated carbocycles. The summed E-state index contributed by atoms with van der Waals surface area (Å²) in [6.07, 6.45) is 2.95. The number of aryl methyl sites for hydroxylation is 1. The molecule has 0 bridgehead atoms. The van der Waals surface area contributed by atoms with E-state index in [1.165, 1.54) is 4.88 Å². The van der Waals surface area contributed by atoms with Crippen molar-refractivity contribution in [2.24, 2.45) is 4.99 Å². The second kappa shape index (κ2) is 11.1. The molecule has 138 valence electrons. The van der Waals surface area contributed by atoms with Crippen molar-refractivity contribution in [3.8, 4) is 11.5 Å². The van der Waals surface area contributed by atoms with Crippen LogP contribution in [0.15, 0.2) is 29.4 Å². The molecule has 0 aliphatic rings. The van der Waals surface area contributed by atoms with E-state index in [9.17, 15) is 0 Å². The summed E-state index contributed by atoms with van der Waals surface area (Å²) >= 11 is 1.72. The Morgan fingerprint density at radius 1 is 1.20 bits per heavy atom. The van der Waals surface area contributed by atoms with Gasteiger partial charge in [0, 0.05) is 36.3 Å². The summed E-state index contributed by atoms with van der Waals surface area (Å²) in [5.41, 5.74) is 1.03. The van der Waals surface area contributed by atoms with Crippen LogP contribution in [-0.4, -0.2) is 32.2 Å². The molecule has 6 nitrogen and oxygen atoms in total. The molecule has 0 atom stereocenters. The van der Waals surface area contributed by atoms with E-state index in [4.69, 9.17) is 9.47 Å². The van der Waals surface area contributed by atoms with Crippen LogP contribution in [0.5, 0.6) is 11.5 Å². The van der Waals surface area contributed by atoms with Crippen molar-refractivity contribution in [2.75, 3.05) is 21.3 Å². The molecule has 0 fully saturated rings. The van der Waals surface area contributed by atoms with Crippen LogP contribution in [0, 0.1) is 0 Å². The molecule has 0 unspecified atom stereocenters. The lowest BCUT2D eigenvalue weighted by molar-refractivity contribution is 0.390. The van der Waals surface area contributed by atoms with Crippen LogP contribution in [-0.2, 0) is 19.5 Å².